The van der Waals surface area contributed by atoms with Crippen LogP contribution >= 0.6 is 0 Å². The molecule has 1 aliphatic heterocycles. The lowest BCUT2D eigenvalue weighted by atomic mass is 10.2. The van der Waals surface area contributed by atoms with Crippen LogP contribution in [-0.2, 0) is 9.47 Å². The number of hydrogen-bond acceptors (Lipinski definition) is 4. The Morgan fingerprint density at radius 2 is 2.26 bits per heavy atom. The van der Waals surface area contributed by atoms with Crippen molar-refractivity contribution in [1.82, 2.24) is 4.90 Å². The average molecular weight is 266 g/mol. The predicted octanol–water partition coefficient (Wildman–Crippen LogP) is 1.93. The number of terminal acetylenes is 1. The Morgan fingerprint density at radius 1 is 1.58 bits per heavy atom. The molecule has 0 aliphatic carbocycles. The van der Waals surface area contributed by atoms with Crippen molar-refractivity contribution in [1.29, 1.82) is 0 Å². The topological polar surface area (TPSA) is 87.5 Å². The predicted molar refractivity (Wildman–Crippen MR) is 69.3 cm³/mol. The van der Waals surface area contributed by atoms with Crippen LogP contribution in [0.1, 0.15) is 20.8 Å². The van der Waals surface area contributed by atoms with Gasteiger partial charge in [-0.3, -0.25) is 0 Å². The Kier molecular flexibility index (Phi) is 5.04. The molecule has 7 nitrogen and oxygen atoms in total. The fraction of sp³-hybridized carbons (Fsp3) is 0.750. The smallest absolute Gasteiger partial charge is 0.410 e. The summed E-state index contributed by atoms with van der Waals surface area (Å²) in [6.07, 6.45) is 4.28. The molecule has 2 atom stereocenters. The molecule has 19 heavy (non-hydrogen) atoms. The molecule has 104 valence electrons. The first-order chi connectivity index (χ1) is 8.87. The molecule has 1 amide bonds. The van der Waals surface area contributed by atoms with Crippen LogP contribution in [0.4, 0.5) is 4.79 Å². The summed E-state index contributed by atoms with van der Waals surface area (Å²) in [6, 6.07) is -0.439. The highest BCUT2D eigenvalue weighted by Gasteiger charge is 2.37. The van der Waals surface area contributed by atoms with Crippen molar-refractivity contribution in [2.75, 3.05) is 19.7 Å². The van der Waals surface area contributed by atoms with Gasteiger partial charge in [-0.2, -0.15) is 0 Å². The fourth-order valence-corrected chi connectivity index (χ4v) is 1.73. The number of carbonyl (C=O) groups is 1. The zero-order valence-electron chi connectivity index (χ0n) is 11.4. The summed E-state index contributed by atoms with van der Waals surface area (Å²) < 4.78 is 10.6. The van der Waals surface area contributed by atoms with Crippen molar-refractivity contribution in [3.05, 3.63) is 10.4 Å². The number of azide groups is 1. The van der Waals surface area contributed by atoms with Gasteiger partial charge in [0.05, 0.1) is 18.7 Å². The van der Waals surface area contributed by atoms with Gasteiger partial charge >= 0.3 is 6.09 Å². The zero-order chi connectivity index (χ0) is 14.5. The molecule has 1 fully saturated rings. The second-order valence-electron chi connectivity index (χ2n) is 5.21. The summed E-state index contributed by atoms with van der Waals surface area (Å²) in [4.78, 5) is 16.1. The molecule has 0 spiro atoms. The standard InChI is InChI=1S/C12H18N4O3/c1-5-6-18-10-8-16(7-9(10)14-15-13)11(17)19-12(2,3)4/h1,9-10H,6-8H2,2-4H3/t9-,10-/m0/s1. The molecule has 7 heteroatoms. The average Bonchev–Trinajstić information content (AvgIpc) is 2.68. The molecule has 0 bridgehead atoms. The van der Waals surface area contributed by atoms with E-state index in [-0.39, 0.29) is 19.3 Å². The Balaban J connectivity index is 2.66. The van der Waals surface area contributed by atoms with Crippen LogP contribution in [0.15, 0.2) is 5.11 Å². The van der Waals surface area contributed by atoms with Gasteiger partial charge in [0.25, 0.3) is 0 Å². The van der Waals surface area contributed by atoms with E-state index in [1.165, 1.54) is 4.90 Å². The molecule has 0 aromatic carbocycles. The highest BCUT2D eigenvalue weighted by atomic mass is 16.6. The van der Waals surface area contributed by atoms with Crippen LogP contribution < -0.4 is 0 Å². The SMILES string of the molecule is C#CCO[C@H]1CN(C(=O)OC(C)(C)C)C[C@@H]1N=[N+]=[N-]. The van der Waals surface area contributed by atoms with Gasteiger partial charge in [0.15, 0.2) is 0 Å². The second-order valence-corrected chi connectivity index (χ2v) is 5.21. The molecule has 0 unspecified atom stereocenters. The molecular formula is C12H18N4O3. The van der Waals surface area contributed by atoms with Gasteiger partial charge in [-0.25, -0.2) is 4.79 Å². The van der Waals surface area contributed by atoms with Crippen LogP contribution in [0.3, 0.4) is 0 Å². The highest BCUT2D eigenvalue weighted by Crippen LogP contribution is 2.20. The van der Waals surface area contributed by atoms with E-state index in [0.29, 0.717) is 6.54 Å². The van der Waals surface area contributed by atoms with Crippen LogP contribution in [0, 0.1) is 12.3 Å². The number of amides is 1. The fourth-order valence-electron chi connectivity index (χ4n) is 1.73. The number of ether oxygens (including phenoxy) is 2. The quantitative estimate of drug-likeness (QED) is 0.338. The highest BCUT2D eigenvalue weighted by molar-refractivity contribution is 5.68. The van der Waals surface area contributed by atoms with E-state index >= 15 is 0 Å². The van der Waals surface area contributed by atoms with E-state index in [2.05, 4.69) is 15.9 Å². The van der Waals surface area contributed by atoms with Crippen LogP contribution in [0.2, 0.25) is 0 Å². The second kappa shape index (κ2) is 6.32. The lowest BCUT2D eigenvalue weighted by Gasteiger charge is -2.24. The van der Waals surface area contributed by atoms with E-state index < -0.39 is 17.7 Å². The molecule has 1 heterocycles. The summed E-state index contributed by atoms with van der Waals surface area (Å²) >= 11 is 0. The number of likely N-dealkylation sites (tertiary alicyclic amines) is 1. The molecule has 0 aromatic heterocycles. The maximum Gasteiger partial charge on any atom is 0.410 e. The Hall–Kier alpha value is -1.90. The van der Waals surface area contributed by atoms with E-state index in [1.807, 2.05) is 0 Å². The largest absolute Gasteiger partial charge is 0.444 e. The van der Waals surface area contributed by atoms with E-state index in [9.17, 15) is 4.79 Å². The molecule has 1 saturated heterocycles. The summed E-state index contributed by atoms with van der Waals surface area (Å²) in [5.74, 6) is 2.35. The first-order valence-electron chi connectivity index (χ1n) is 5.94. The number of carbonyl (C=O) groups excluding carboxylic acids is 1. The third kappa shape index (κ3) is 4.70. The number of nitrogens with zero attached hydrogens (tertiary/aromatic N) is 4. The van der Waals surface area contributed by atoms with Crippen molar-refractivity contribution >= 4 is 6.09 Å². The van der Waals surface area contributed by atoms with E-state index in [0.717, 1.165) is 0 Å². The van der Waals surface area contributed by atoms with Crippen molar-refractivity contribution in [3.63, 3.8) is 0 Å². The normalized spacial score (nSPS) is 22.5. The Morgan fingerprint density at radius 3 is 2.79 bits per heavy atom. The maximum atomic E-state index is 11.9. The van der Waals surface area contributed by atoms with Gasteiger partial charge in [0.2, 0.25) is 0 Å². The van der Waals surface area contributed by atoms with Crippen molar-refractivity contribution in [2.45, 2.75) is 38.5 Å². The van der Waals surface area contributed by atoms with Gasteiger partial charge in [-0.15, -0.1) is 6.42 Å². The monoisotopic (exact) mass is 266 g/mol. The van der Waals surface area contributed by atoms with Crippen molar-refractivity contribution < 1.29 is 14.3 Å². The third-order valence-corrected chi connectivity index (χ3v) is 2.47. The zero-order valence-corrected chi connectivity index (χ0v) is 11.4. The summed E-state index contributed by atoms with van der Waals surface area (Å²) in [7, 11) is 0. The van der Waals surface area contributed by atoms with Gasteiger partial charge in [0.1, 0.15) is 12.2 Å². The Labute approximate surface area is 112 Å². The summed E-state index contributed by atoms with van der Waals surface area (Å²) in [6.45, 7) is 6.06. The Bertz CT molecular complexity index is 418. The van der Waals surface area contributed by atoms with E-state index in [1.54, 1.807) is 20.8 Å². The minimum Gasteiger partial charge on any atom is -0.444 e. The van der Waals surface area contributed by atoms with Crippen LogP contribution in [-0.4, -0.2) is 48.4 Å². The third-order valence-electron chi connectivity index (χ3n) is 2.47. The molecular weight excluding hydrogens is 248 g/mol. The van der Waals surface area contributed by atoms with Gasteiger partial charge in [-0.05, 0) is 26.3 Å². The number of hydrogen-bond donors (Lipinski definition) is 0. The van der Waals surface area contributed by atoms with E-state index in [4.69, 9.17) is 21.4 Å². The molecule has 0 aromatic rings. The lowest BCUT2D eigenvalue weighted by molar-refractivity contribution is 0.0236. The minimum atomic E-state index is -0.567. The van der Waals surface area contributed by atoms with Crippen LogP contribution in [0.25, 0.3) is 10.4 Å². The van der Waals surface area contributed by atoms with Crippen LogP contribution in [0.5, 0.6) is 0 Å². The molecule has 0 saturated carbocycles. The number of rotatable bonds is 3. The summed E-state index contributed by atoms with van der Waals surface area (Å²) in [5.41, 5.74) is 7.94. The maximum absolute atomic E-state index is 11.9. The lowest BCUT2D eigenvalue weighted by Crippen LogP contribution is -2.36. The molecule has 0 N–H and O–H groups in total. The molecule has 1 aliphatic rings. The first kappa shape index (κ1) is 15.2. The van der Waals surface area contributed by atoms with Crippen molar-refractivity contribution in [3.8, 4) is 12.3 Å². The molecule has 1 rings (SSSR count). The summed E-state index contributed by atoms with van der Waals surface area (Å²) in [5, 5.41) is 3.62. The first-order valence-corrected chi connectivity index (χ1v) is 5.94. The minimum absolute atomic E-state index is 0.115. The molecule has 0 radical (unpaired) electrons. The van der Waals surface area contributed by atoms with Crippen molar-refractivity contribution in [2.24, 2.45) is 5.11 Å². The van der Waals surface area contributed by atoms with Gasteiger partial charge in [0, 0.05) is 11.5 Å². The van der Waals surface area contributed by atoms with Gasteiger partial charge < -0.3 is 14.4 Å². The van der Waals surface area contributed by atoms with Gasteiger partial charge in [-0.1, -0.05) is 11.0 Å².